The van der Waals surface area contributed by atoms with Gasteiger partial charge in [0.05, 0.1) is 24.9 Å². The van der Waals surface area contributed by atoms with Crippen LogP contribution in [0.15, 0.2) is 48.5 Å². The second kappa shape index (κ2) is 11.8. The molecular formula is C25H34FNO5. The first-order valence-electron chi connectivity index (χ1n) is 11.3. The highest BCUT2D eigenvalue weighted by Gasteiger charge is 2.43. The zero-order valence-corrected chi connectivity index (χ0v) is 18.5. The van der Waals surface area contributed by atoms with Crippen LogP contribution in [0.2, 0.25) is 0 Å². The molecule has 5 atom stereocenters. The Hall–Kier alpha value is -1.87. The monoisotopic (exact) mass is 447 g/mol. The Bertz CT molecular complexity index is 831. The number of likely N-dealkylation sites (tertiary alicyclic amines) is 1. The van der Waals surface area contributed by atoms with Gasteiger partial charge < -0.3 is 25.2 Å². The molecule has 2 aromatic carbocycles. The molecule has 0 aliphatic carbocycles. The lowest BCUT2D eigenvalue weighted by atomic mass is 9.90. The number of halogens is 1. The van der Waals surface area contributed by atoms with Crippen molar-refractivity contribution in [2.45, 2.75) is 63.3 Å². The van der Waals surface area contributed by atoms with Crippen LogP contribution in [0.3, 0.4) is 0 Å². The first kappa shape index (κ1) is 24.8. The van der Waals surface area contributed by atoms with E-state index < -0.39 is 30.5 Å². The number of β-amino-alcohol motifs (C(OH)–C–C–N with tert-alkyl or cyclic N) is 1. The Morgan fingerprint density at radius 1 is 1.00 bits per heavy atom. The van der Waals surface area contributed by atoms with E-state index in [0.717, 1.165) is 30.4 Å². The number of hydrogen-bond donors (Lipinski definition) is 4. The molecule has 1 saturated heterocycles. The van der Waals surface area contributed by atoms with Gasteiger partial charge in [-0.25, -0.2) is 4.39 Å². The molecule has 4 N–H and O–H groups in total. The lowest BCUT2D eigenvalue weighted by molar-refractivity contribution is -0.157. The number of benzene rings is 2. The summed E-state index contributed by atoms with van der Waals surface area (Å²) in [4.78, 5) is 1.85. The third kappa shape index (κ3) is 6.34. The van der Waals surface area contributed by atoms with Crippen LogP contribution in [0, 0.1) is 5.82 Å². The van der Waals surface area contributed by atoms with E-state index in [1.54, 1.807) is 19.1 Å². The molecule has 0 bridgehead atoms. The molecule has 0 amide bonds. The molecule has 3 rings (SSSR count). The van der Waals surface area contributed by atoms with Gasteiger partial charge in [0.15, 0.2) is 0 Å². The third-order valence-electron chi connectivity index (χ3n) is 6.07. The standard InChI is InChI=1S/C25H34FNO5/c1-17(28)23-25(31)24(30)22(29)15-27(23)13-5-2-6-14-32-16-18-9-11-19(12-10-18)20-7-3-4-8-21(20)26/h3-4,7-12,17,22-25,28-31H,2,5-6,13-16H2,1H3/t17-,22+,23+,24-,25-/m1/s1. The summed E-state index contributed by atoms with van der Waals surface area (Å²) in [6.45, 7) is 3.53. The quantitative estimate of drug-likeness (QED) is 0.418. The summed E-state index contributed by atoms with van der Waals surface area (Å²) < 4.78 is 19.6. The normalized spacial score (nSPS) is 25.1. The van der Waals surface area contributed by atoms with E-state index in [1.807, 2.05) is 35.2 Å². The average Bonchev–Trinajstić information content (AvgIpc) is 2.77. The molecule has 1 fully saturated rings. The largest absolute Gasteiger partial charge is 0.392 e. The van der Waals surface area contributed by atoms with Crippen molar-refractivity contribution in [3.05, 3.63) is 59.9 Å². The third-order valence-corrected chi connectivity index (χ3v) is 6.07. The fourth-order valence-electron chi connectivity index (χ4n) is 4.31. The fourth-order valence-corrected chi connectivity index (χ4v) is 4.31. The van der Waals surface area contributed by atoms with Crippen molar-refractivity contribution in [3.8, 4) is 11.1 Å². The minimum absolute atomic E-state index is 0.229. The van der Waals surface area contributed by atoms with E-state index in [0.29, 0.717) is 25.3 Å². The highest BCUT2D eigenvalue weighted by Crippen LogP contribution is 2.24. The van der Waals surface area contributed by atoms with Crippen molar-refractivity contribution in [1.82, 2.24) is 4.90 Å². The predicted molar refractivity (Wildman–Crippen MR) is 120 cm³/mol. The van der Waals surface area contributed by atoms with Crippen LogP contribution in [-0.2, 0) is 11.3 Å². The van der Waals surface area contributed by atoms with Gasteiger partial charge in [-0.2, -0.15) is 0 Å². The van der Waals surface area contributed by atoms with Crippen LogP contribution in [0.5, 0.6) is 0 Å². The minimum Gasteiger partial charge on any atom is -0.392 e. The van der Waals surface area contributed by atoms with Gasteiger partial charge in [-0.15, -0.1) is 0 Å². The Morgan fingerprint density at radius 3 is 2.41 bits per heavy atom. The van der Waals surface area contributed by atoms with Crippen molar-refractivity contribution >= 4 is 0 Å². The van der Waals surface area contributed by atoms with E-state index in [4.69, 9.17) is 4.74 Å². The number of aliphatic hydroxyl groups excluding tert-OH is 4. The summed E-state index contributed by atoms with van der Waals surface area (Å²) in [5, 5.41) is 39.9. The molecule has 0 unspecified atom stereocenters. The van der Waals surface area contributed by atoms with E-state index in [9.17, 15) is 24.8 Å². The number of rotatable bonds is 10. The number of ether oxygens (including phenoxy) is 1. The van der Waals surface area contributed by atoms with Crippen molar-refractivity contribution < 1.29 is 29.6 Å². The van der Waals surface area contributed by atoms with Gasteiger partial charge in [-0.3, -0.25) is 4.90 Å². The maximum Gasteiger partial charge on any atom is 0.131 e. The van der Waals surface area contributed by atoms with Gasteiger partial charge in [0.25, 0.3) is 0 Å². The SMILES string of the molecule is C[C@@H](O)[C@H]1[C@@H](O)[C@H](O)[C@@H](O)CN1CCCCCOCc1ccc(-c2ccccc2F)cc1. The molecule has 0 spiro atoms. The van der Waals surface area contributed by atoms with Crippen LogP contribution < -0.4 is 0 Å². The summed E-state index contributed by atoms with van der Waals surface area (Å²) in [6.07, 6.45) is -1.63. The van der Waals surface area contributed by atoms with Crippen molar-refractivity contribution in [2.24, 2.45) is 0 Å². The van der Waals surface area contributed by atoms with Crippen molar-refractivity contribution in [2.75, 3.05) is 19.7 Å². The van der Waals surface area contributed by atoms with Gasteiger partial charge in [0.2, 0.25) is 0 Å². The summed E-state index contributed by atoms with van der Waals surface area (Å²) in [7, 11) is 0. The van der Waals surface area contributed by atoms with Crippen molar-refractivity contribution in [3.63, 3.8) is 0 Å². The highest BCUT2D eigenvalue weighted by molar-refractivity contribution is 5.64. The van der Waals surface area contributed by atoms with Gasteiger partial charge in [0.1, 0.15) is 18.0 Å². The number of nitrogens with zero attached hydrogens (tertiary/aromatic N) is 1. The Kier molecular flexibility index (Phi) is 9.16. The van der Waals surface area contributed by atoms with Crippen LogP contribution in [0.4, 0.5) is 4.39 Å². The zero-order valence-electron chi connectivity index (χ0n) is 18.5. The zero-order chi connectivity index (χ0) is 23.1. The smallest absolute Gasteiger partial charge is 0.131 e. The molecule has 0 radical (unpaired) electrons. The average molecular weight is 448 g/mol. The molecule has 176 valence electrons. The Balaban J connectivity index is 1.35. The van der Waals surface area contributed by atoms with Crippen LogP contribution >= 0.6 is 0 Å². The van der Waals surface area contributed by atoms with E-state index in [-0.39, 0.29) is 12.4 Å². The molecule has 2 aromatic rings. The second-order valence-corrected chi connectivity index (χ2v) is 8.56. The molecule has 1 aliphatic rings. The van der Waals surface area contributed by atoms with E-state index in [2.05, 4.69) is 0 Å². The molecule has 6 nitrogen and oxygen atoms in total. The number of unbranched alkanes of at least 4 members (excludes halogenated alkanes) is 2. The van der Waals surface area contributed by atoms with Gasteiger partial charge in [-0.1, -0.05) is 42.5 Å². The second-order valence-electron chi connectivity index (χ2n) is 8.56. The fraction of sp³-hybridized carbons (Fsp3) is 0.520. The maximum atomic E-state index is 13.9. The summed E-state index contributed by atoms with van der Waals surface area (Å²) in [5.74, 6) is -0.235. The van der Waals surface area contributed by atoms with E-state index >= 15 is 0 Å². The highest BCUT2D eigenvalue weighted by atomic mass is 19.1. The molecule has 0 aromatic heterocycles. The Morgan fingerprint density at radius 2 is 1.72 bits per heavy atom. The number of aliphatic hydroxyl groups is 4. The summed E-state index contributed by atoms with van der Waals surface area (Å²) >= 11 is 0. The molecule has 1 heterocycles. The minimum atomic E-state index is -1.24. The maximum absolute atomic E-state index is 13.9. The van der Waals surface area contributed by atoms with Gasteiger partial charge in [0, 0.05) is 18.7 Å². The summed E-state index contributed by atoms with van der Waals surface area (Å²) in [5.41, 5.74) is 2.45. The molecule has 7 heteroatoms. The first-order valence-corrected chi connectivity index (χ1v) is 11.3. The Labute approximate surface area is 188 Å². The topological polar surface area (TPSA) is 93.4 Å². The molecular weight excluding hydrogens is 413 g/mol. The van der Waals surface area contributed by atoms with Crippen molar-refractivity contribution in [1.29, 1.82) is 0 Å². The number of piperidine rings is 1. The van der Waals surface area contributed by atoms with Gasteiger partial charge >= 0.3 is 0 Å². The van der Waals surface area contributed by atoms with Crippen LogP contribution in [-0.4, -0.2) is 75.5 Å². The predicted octanol–water partition coefficient (Wildman–Crippen LogP) is 2.33. The molecule has 0 saturated carbocycles. The molecule has 1 aliphatic heterocycles. The van der Waals surface area contributed by atoms with Crippen LogP contribution in [0.25, 0.3) is 11.1 Å². The van der Waals surface area contributed by atoms with E-state index in [1.165, 1.54) is 6.07 Å². The van der Waals surface area contributed by atoms with Crippen LogP contribution in [0.1, 0.15) is 31.7 Å². The summed E-state index contributed by atoms with van der Waals surface area (Å²) in [6, 6.07) is 13.8. The lowest BCUT2D eigenvalue weighted by Crippen LogP contribution is -2.64. The molecule has 32 heavy (non-hydrogen) atoms. The van der Waals surface area contributed by atoms with Gasteiger partial charge in [-0.05, 0) is 49.9 Å². The first-order chi connectivity index (χ1) is 15.4. The number of hydrogen-bond acceptors (Lipinski definition) is 6. The lowest BCUT2D eigenvalue weighted by Gasteiger charge is -2.45.